The predicted molar refractivity (Wildman–Crippen MR) is 79.3 cm³/mol. The zero-order chi connectivity index (χ0) is 16.1. The van der Waals surface area contributed by atoms with Crippen LogP contribution in [0.4, 0.5) is 0 Å². The van der Waals surface area contributed by atoms with Crippen molar-refractivity contribution < 1.29 is 9.47 Å². The number of fused-ring (bicyclic) bond motifs is 1. The molecule has 112 valence electrons. The Balaban J connectivity index is 2.02. The number of ether oxygens (including phenoxy) is 2. The van der Waals surface area contributed by atoms with Crippen LogP contribution in [0.1, 0.15) is 0 Å². The molecule has 1 N–H and O–H groups in total. The van der Waals surface area contributed by atoms with Crippen LogP contribution in [0.25, 0.3) is 22.7 Å². The highest BCUT2D eigenvalue weighted by Gasteiger charge is 2.13. The Morgan fingerprint density at radius 2 is 1.83 bits per heavy atom. The molecule has 2 aromatic heterocycles. The van der Waals surface area contributed by atoms with Crippen LogP contribution in [0.15, 0.2) is 30.6 Å². The molecule has 23 heavy (non-hydrogen) atoms. The summed E-state index contributed by atoms with van der Waals surface area (Å²) in [6.07, 6.45) is 3.12. The molecule has 0 aliphatic carbocycles. The van der Waals surface area contributed by atoms with Crippen molar-refractivity contribution in [1.82, 2.24) is 19.9 Å². The molecule has 0 fully saturated rings. The predicted octanol–water partition coefficient (Wildman–Crippen LogP) is 1.82. The van der Waals surface area contributed by atoms with Gasteiger partial charge in [-0.1, -0.05) is 0 Å². The summed E-state index contributed by atoms with van der Waals surface area (Å²) in [5, 5.41) is 17.3. The molecular formula is C15H10N6O2. The van der Waals surface area contributed by atoms with Crippen LogP contribution in [0.2, 0.25) is 0 Å². The first-order valence-corrected chi connectivity index (χ1v) is 6.62. The summed E-state index contributed by atoms with van der Waals surface area (Å²) < 4.78 is 10.7. The maximum absolute atomic E-state index is 8.72. The van der Waals surface area contributed by atoms with Crippen molar-refractivity contribution in [3.63, 3.8) is 0 Å². The summed E-state index contributed by atoms with van der Waals surface area (Å²) in [4.78, 5) is 15.7. The molecule has 2 heterocycles. The Morgan fingerprint density at radius 1 is 1.04 bits per heavy atom. The lowest BCUT2D eigenvalue weighted by molar-refractivity contribution is 0.350. The smallest absolute Gasteiger partial charge is 0.197 e. The molecule has 0 radical (unpaired) electrons. The lowest BCUT2D eigenvalue weighted by atomic mass is 10.2. The number of hydrogen-bond acceptors (Lipinski definition) is 7. The van der Waals surface area contributed by atoms with Gasteiger partial charge in [-0.25, -0.2) is 15.0 Å². The van der Waals surface area contributed by atoms with Gasteiger partial charge >= 0.3 is 0 Å². The van der Waals surface area contributed by atoms with Crippen LogP contribution in [-0.4, -0.2) is 33.1 Å². The molecule has 8 nitrogen and oxygen atoms in total. The van der Waals surface area contributed by atoms with E-state index in [-0.39, 0.29) is 13.2 Å². The fourth-order valence-electron chi connectivity index (χ4n) is 2.01. The van der Waals surface area contributed by atoms with Crippen LogP contribution < -0.4 is 9.47 Å². The van der Waals surface area contributed by atoms with E-state index in [1.165, 1.54) is 0 Å². The number of imidazole rings is 1. The first kappa shape index (κ1) is 14.3. The normalized spacial score (nSPS) is 10.0. The van der Waals surface area contributed by atoms with Crippen molar-refractivity contribution in [1.29, 1.82) is 10.5 Å². The molecule has 0 bridgehead atoms. The zero-order valence-electron chi connectivity index (χ0n) is 11.9. The van der Waals surface area contributed by atoms with E-state index >= 15 is 0 Å². The van der Waals surface area contributed by atoms with Gasteiger partial charge in [0.15, 0.2) is 24.5 Å². The monoisotopic (exact) mass is 306 g/mol. The van der Waals surface area contributed by atoms with Gasteiger partial charge in [-0.15, -0.1) is 0 Å². The molecule has 8 heteroatoms. The number of aromatic nitrogens is 4. The van der Waals surface area contributed by atoms with Crippen molar-refractivity contribution in [2.45, 2.75) is 0 Å². The molecule has 3 aromatic rings. The maximum Gasteiger partial charge on any atom is 0.197 e. The zero-order valence-corrected chi connectivity index (χ0v) is 11.9. The fourth-order valence-corrected chi connectivity index (χ4v) is 2.01. The van der Waals surface area contributed by atoms with Crippen molar-refractivity contribution in [3.05, 3.63) is 30.6 Å². The average molecular weight is 306 g/mol. The Bertz CT molecular complexity index is 889. The lowest BCUT2D eigenvalue weighted by Gasteiger charge is -2.09. The molecular weight excluding hydrogens is 296 g/mol. The van der Waals surface area contributed by atoms with E-state index in [4.69, 9.17) is 20.0 Å². The quantitative estimate of drug-likeness (QED) is 0.763. The van der Waals surface area contributed by atoms with Crippen molar-refractivity contribution in [3.8, 4) is 35.0 Å². The number of nitrogens with zero attached hydrogens (tertiary/aromatic N) is 5. The molecule has 0 amide bonds. The highest BCUT2D eigenvalue weighted by molar-refractivity contribution is 5.75. The molecule has 0 unspecified atom stereocenters. The third kappa shape index (κ3) is 3.01. The second-order valence-corrected chi connectivity index (χ2v) is 4.37. The van der Waals surface area contributed by atoms with E-state index in [1.54, 1.807) is 30.6 Å². The summed E-state index contributed by atoms with van der Waals surface area (Å²) >= 11 is 0. The van der Waals surface area contributed by atoms with E-state index < -0.39 is 0 Å². The Hall–Kier alpha value is -3.65. The summed E-state index contributed by atoms with van der Waals surface area (Å²) in [5.74, 6) is 1.41. The summed E-state index contributed by atoms with van der Waals surface area (Å²) in [7, 11) is 0. The van der Waals surface area contributed by atoms with E-state index in [1.807, 2.05) is 12.1 Å². The van der Waals surface area contributed by atoms with Gasteiger partial charge in [-0.05, 0) is 12.1 Å². The van der Waals surface area contributed by atoms with Gasteiger partial charge < -0.3 is 14.5 Å². The van der Waals surface area contributed by atoms with E-state index in [9.17, 15) is 0 Å². The Kier molecular flexibility index (Phi) is 3.99. The summed E-state index contributed by atoms with van der Waals surface area (Å²) in [5.41, 5.74) is 1.68. The summed E-state index contributed by atoms with van der Waals surface area (Å²) in [6, 6.07) is 8.84. The van der Waals surface area contributed by atoms with Crippen LogP contribution in [0.5, 0.6) is 11.5 Å². The number of aromatic amines is 1. The van der Waals surface area contributed by atoms with Crippen molar-refractivity contribution in [2.75, 3.05) is 13.2 Å². The molecule has 0 atom stereocenters. The van der Waals surface area contributed by atoms with Gasteiger partial charge in [0, 0.05) is 18.5 Å². The third-order valence-electron chi connectivity index (χ3n) is 2.94. The highest BCUT2D eigenvalue weighted by Crippen LogP contribution is 2.32. The Morgan fingerprint density at radius 3 is 2.61 bits per heavy atom. The number of benzene rings is 1. The van der Waals surface area contributed by atoms with Crippen LogP contribution >= 0.6 is 0 Å². The first-order valence-electron chi connectivity index (χ1n) is 6.62. The van der Waals surface area contributed by atoms with Crippen molar-refractivity contribution >= 4 is 11.3 Å². The second kappa shape index (κ2) is 6.41. The van der Waals surface area contributed by atoms with Gasteiger partial charge in [0.05, 0.1) is 5.56 Å². The lowest BCUT2D eigenvalue weighted by Crippen LogP contribution is -1.99. The van der Waals surface area contributed by atoms with Gasteiger partial charge in [-0.2, -0.15) is 10.5 Å². The number of H-pyrrole nitrogens is 1. The molecule has 0 saturated heterocycles. The maximum atomic E-state index is 8.72. The topological polar surface area (TPSA) is 120 Å². The standard InChI is InChI=1S/C15H10N6O2/c16-3-7-22-10-1-2-11(12(9-10)23-8-4-17)13-20-14-15(21-13)19-6-5-18-14/h1-2,5-6,9H,7-8H2,(H,18,19,20,21). The van der Waals surface area contributed by atoms with E-state index in [0.717, 1.165) is 0 Å². The first-order chi connectivity index (χ1) is 11.3. The van der Waals surface area contributed by atoms with Crippen LogP contribution in [0.3, 0.4) is 0 Å². The molecule has 0 spiro atoms. The minimum Gasteiger partial charge on any atom is -0.479 e. The molecule has 0 aliphatic rings. The van der Waals surface area contributed by atoms with E-state index in [2.05, 4.69) is 19.9 Å². The SMILES string of the molecule is N#CCOc1ccc(-c2nc3nccnc3[nH]2)c(OCC#N)c1. The van der Waals surface area contributed by atoms with Gasteiger partial charge in [0.25, 0.3) is 0 Å². The van der Waals surface area contributed by atoms with E-state index in [0.29, 0.717) is 34.2 Å². The minimum atomic E-state index is -0.120. The molecule has 0 aliphatic heterocycles. The number of rotatable bonds is 5. The second-order valence-electron chi connectivity index (χ2n) is 4.37. The summed E-state index contributed by atoms with van der Waals surface area (Å²) in [6.45, 7) is -0.194. The molecule has 1 aromatic carbocycles. The van der Waals surface area contributed by atoms with Gasteiger partial charge in [0.2, 0.25) is 0 Å². The minimum absolute atomic E-state index is 0.0739. The van der Waals surface area contributed by atoms with Crippen molar-refractivity contribution in [2.24, 2.45) is 0 Å². The fraction of sp³-hybridized carbons (Fsp3) is 0.133. The average Bonchev–Trinajstić information content (AvgIpc) is 3.02. The van der Waals surface area contributed by atoms with Gasteiger partial charge in [0.1, 0.15) is 29.5 Å². The van der Waals surface area contributed by atoms with Gasteiger partial charge in [-0.3, -0.25) is 0 Å². The Labute approximate surface area is 131 Å². The third-order valence-corrected chi connectivity index (χ3v) is 2.94. The molecule has 3 rings (SSSR count). The molecule has 0 saturated carbocycles. The number of nitrogens with one attached hydrogen (secondary N) is 1. The van der Waals surface area contributed by atoms with Crippen LogP contribution in [-0.2, 0) is 0 Å². The number of nitriles is 2. The van der Waals surface area contributed by atoms with Crippen LogP contribution in [0, 0.1) is 22.7 Å². The largest absolute Gasteiger partial charge is 0.479 e. The highest BCUT2D eigenvalue weighted by atomic mass is 16.5. The number of hydrogen-bond donors (Lipinski definition) is 1.